The molecule has 1 saturated heterocycles. The lowest BCUT2D eigenvalue weighted by molar-refractivity contribution is -0.135. The molecule has 1 amide bonds. The SMILES string of the molecule is CC(C)c1nc2oc3c(=O)n(CC(=O)N4CCOCC4)cnc3c2c2c1COC(C)(C)C2. The highest BCUT2D eigenvalue weighted by Crippen LogP contribution is 2.39. The van der Waals surface area contributed by atoms with E-state index in [1.54, 1.807) is 4.90 Å². The third-order valence-electron chi connectivity index (χ3n) is 6.27. The lowest BCUT2D eigenvalue weighted by Crippen LogP contribution is -2.43. The number of pyridine rings is 1. The summed E-state index contributed by atoms with van der Waals surface area (Å²) in [4.78, 5) is 36.9. The zero-order valence-electron chi connectivity index (χ0n) is 18.9. The molecule has 0 saturated carbocycles. The number of hydrogen-bond donors (Lipinski definition) is 0. The minimum atomic E-state index is -0.374. The van der Waals surface area contributed by atoms with E-state index in [0.29, 0.717) is 50.6 Å². The molecular weight excluding hydrogens is 412 g/mol. The molecule has 5 heterocycles. The average Bonchev–Trinajstić information content (AvgIpc) is 3.14. The molecule has 0 aliphatic carbocycles. The fourth-order valence-electron chi connectivity index (χ4n) is 4.57. The normalized spacial score (nSPS) is 18.5. The summed E-state index contributed by atoms with van der Waals surface area (Å²) in [5, 5.41) is 0.777. The minimum absolute atomic E-state index is 0.0809. The number of rotatable bonds is 3. The number of ether oxygens (including phenoxy) is 2. The third-order valence-corrected chi connectivity index (χ3v) is 6.27. The van der Waals surface area contributed by atoms with Gasteiger partial charge in [0.1, 0.15) is 12.1 Å². The second kappa shape index (κ2) is 7.67. The molecule has 9 heteroatoms. The first-order valence-corrected chi connectivity index (χ1v) is 11.1. The molecule has 9 nitrogen and oxygen atoms in total. The van der Waals surface area contributed by atoms with Gasteiger partial charge in [0.15, 0.2) is 0 Å². The van der Waals surface area contributed by atoms with Crippen molar-refractivity contribution in [3.63, 3.8) is 0 Å². The third kappa shape index (κ3) is 3.49. The fraction of sp³-hybridized carbons (Fsp3) is 0.565. The number of amides is 1. The molecule has 0 unspecified atom stereocenters. The molecule has 32 heavy (non-hydrogen) atoms. The number of morpholine rings is 1. The standard InChI is InChI=1S/C23H28N4O5/c1-13(2)18-15-11-31-23(3,4)9-14(15)17-19-20(32-21(17)25-18)22(29)27(12-24-19)10-16(28)26-5-7-30-8-6-26/h12-13H,5-11H2,1-4H3. The van der Waals surface area contributed by atoms with Crippen molar-refractivity contribution < 1.29 is 18.7 Å². The summed E-state index contributed by atoms with van der Waals surface area (Å²) in [7, 11) is 0. The van der Waals surface area contributed by atoms with Crippen molar-refractivity contribution in [1.29, 1.82) is 0 Å². The van der Waals surface area contributed by atoms with E-state index >= 15 is 0 Å². The van der Waals surface area contributed by atoms with Gasteiger partial charge in [0.25, 0.3) is 5.56 Å². The van der Waals surface area contributed by atoms with Gasteiger partial charge in [0.05, 0.1) is 42.8 Å². The van der Waals surface area contributed by atoms with Gasteiger partial charge in [-0.3, -0.25) is 14.2 Å². The summed E-state index contributed by atoms with van der Waals surface area (Å²) in [6, 6.07) is 0. The van der Waals surface area contributed by atoms with E-state index in [9.17, 15) is 9.59 Å². The summed E-state index contributed by atoms with van der Waals surface area (Å²) < 4.78 is 18.6. The number of carbonyl (C=O) groups excluding carboxylic acids is 1. The van der Waals surface area contributed by atoms with Crippen LogP contribution in [0.15, 0.2) is 15.5 Å². The van der Waals surface area contributed by atoms with Crippen LogP contribution in [0.25, 0.3) is 22.2 Å². The van der Waals surface area contributed by atoms with E-state index in [2.05, 4.69) is 32.7 Å². The van der Waals surface area contributed by atoms with E-state index in [1.165, 1.54) is 10.9 Å². The van der Waals surface area contributed by atoms with Crippen molar-refractivity contribution in [1.82, 2.24) is 19.4 Å². The number of nitrogens with zero attached hydrogens (tertiary/aromatic N) is 4. The number of aromatic nitrogens is 3. The monoisotopic (exact) mass is 440 g/mol. The smallest absolute Gasteiger partial charge is 0.297 e. The maximum atomic E-state index is 13.2. The molecule has 0 aromatic carbocycles. The van der Waals surface area contributed by atoms with Crippen LogP contribution in [-0.4, -0.2) is 57.2 Å². The predicted octanol–water partition coefficient (Wildman–Crippen LogP) is 2.37. The molecule has 3 aromatic heterocycles. The van der Waals surface area contributed by atoms with Crippen molar-refractivity contribution in [2.75, 3.05) is 26.3 Å². The van der Waals surface area contributed by atoms with Gasteiger partial charge in [-0.15, -0.1) is 0 Å². The van der Waals surface area contributed by atoms with Crippen molar-refractivity contribution in [2.24, 2.45) is 0 Å². The van der Waals surface area contributed by atoms with E-state index < -0.39 is 0 Å². The Morgan fingerprint density at radius 3 is 2.69 bits per heavy atom. The molecule has 0 N–H and O–H groups in total. The first-order chi connectivity index (χ1) is 15.2. The van der Waals surface area contributed by atoms with Gasteiger partial charge < -0.3 is 18.8 Å². The first kappa shape index (κ1) is 21.1. The number of furan rings is 1. The minimum Gasteiger partial charge on any atom is -0.430 e. The van der Waals surface area contributed by atoms with Crippen LogP contribution >= 0.6 is 0 Å². The van der Waals surface area contributed by atoms with Crippen LogP contribution in [0.2, 0.25) is 0 Å². The van der Waals surface area contributed by atoms with E-state index in [4.69, 9.17) is 18.9 Å². The number of carbonyl (C=O) groups is 1. The maximum Gasteiger partial charge on any atom is 0.297 e. The molecule has 0 spiro atoms. The zero-order chi connectivity index (χ0) is 22.6. The van der Waals surface area contributed by atoms with E-state index in [0.717, 1.165) is 22.2 Å². The van der Waals surface area contributed by atoms with Gasteiger partial charge >= 0.3 is 0 Å². The highest BCUT2D eigenvalue weighted by molar-refractivity contribution is 6.03. The van der Waals surface area contributed by atoms with Crippen molar-refractivity contribution in [2.45, 2.75) is 58.8 Å². The molecular formula is C23H28N4O5. The average molecular weight is 441 g/mol. The van der Waals surface area contributed by atoms with Crippen molar-refractivity contribution in [3.8, 4) is 0 Å². The van der Waals surface area contributed by atoms with Gasteiger partial charge in [-0.05, 0) is 25.3 Å². The summed E-state index contributed by atoms with van der Waals surface area (Å²) in [5.74, 6) is 0.0473. The van der Waals surface area contributed by atoms with Gasteiger partial charge in [-0.25, -0.2) is 9.97 Å². The van der Waals surface area contributed by atoms with Gasteiger partial charge in [-0.1, -0.05) is 13.8 Å². The first-order valence-electron chi connectivity index (χ1n) is 11.1. The summed E-state index contributed by atoms with van der Waals surface area (Å²) in [6.45, 7) is 10.7. The Morgan fingerprint density at radius 1 is 1.22 bits per heavy atom. The fourth-order valence-corrected chi connectivity index (χ4v) is 4.57. The van der Waals surface area contributed by atoms with Crippen LogP contribution in [-0.2, 0) is 33.8 Å². The molecule has 2 aliphatic rings. The molecule has 0 radical (unpaired) electrons. The highest BCUT2D eigenvalue weighted by Gasteiger charge is 2.33. The Kier molecular flexibility index (Phi) is 5.05. The molecule has 0 bridgehead atoms. The van der Waals surface area contributed by atoms with Crippen LogP contribution in [0.3, 0.4) is 0 Å². The van der Waals surface area contributed by atoms with Crippen LogP contribution < -0.4 is 5.56 Å². The molecule has 2 aliphatic heterocycles. The van der Waals surface area contributed by atoms with Crippen molar-refractivity contribution >= 4 is 28.1 Å². The van der Waals surface area contributed by atoms with Crippen LogP contribution in [0.1, 0.15) is 50.4 Å². The quantitative estimate of drug-likeness (QED) is 0.616. The summed E-state index contributed by atoms with van der Waals surface area (Å²) in [6.07, 6.45) is 2.11. The molecule has 3 aromatic rings. The highest BCUT2D eigenvalue weighted by atomic mass is 16.5. The van der Waals surface area contributed by atoms with E-state index in [-0.39, 0.29) is 35.1 Å². The van der Waals surface area contributed by atoms with Crippen LogP contribution in [0.4, 0.5) is 0 Å². The lowest BCUT2D eigenvalue weighted by atomic mass is 9.87. The van der Waals surface area contributed by atoms with Gasteiger partial charge in [0.2, 0.25) is 17.2 Å². The number of fused-ring (bicyclic) bond motifs is 5. The predicted molar refractivity (Wildman–Crippen MR) is 118 cm³/mol. The molecule has 1 fully saturated rings. The maximum absolute atomic E-state index is 13.2. The zero-order valence-corrected chi connectivity index (χ0v) is 18.9. The Hall–Kier alpha value is -2.78. The molecule has 5 rings (SSSR count). The second-order valence-corrected chi connectivity index (χ2v) is 9.46. The topological polar surface area (TPSA) is 99.7 Å². The Balaban J connectivity index is 1.63. The van der Waals surface area contributed by atoms with Gasteiger partial charge in [-0.2, -0.15) is 0 Å². The molecule has 170 valence electrons. The van der Waals surface area contributed by atoms with Gasteiger partial charge in [0, 0.05) is 25.1 Å². The Morgan fingerprint density at radius 2 is 1.97 bits per heavy atom. The Labute approximate surface area is 185 Å². The lowest BCUT2D eigenvalue weighted by Gasteiger charge is -2.33. The summed E-state index contributed by atoms with van der Waals surface area (Å²) in [5.41, 5.74) is 3.41. The van der Waals surface area contributed by atoms with Crippen LogP contribution in [0.5, 0.6) is 0 Å². The summed E-state index contributed by atoms with van der Waals surface area (Å²) >= 11 is 0. The second-order valence-electron chi connectivity index (χ2n) is 9.46. The van der Waals surface area contributed by atoms with Crippen LogP contribution in [0, 0.1) is 0 Å². The largest absolute Gasteiger partial charge is 0.430 e. The number of hydrogen-bond acceptors (Lipinski definition) is 7. The molecule has 0 atom stereocenters. The Bertz CT molecular complexity index is 1270. The van der Waals surface area contributed by atoms with E-state index in [1.807, 2.05) is 0 Å². The van der Waals surface area contributed by atoms with Crippen molar-refractivity contribution in [3.05, 3.63) is 33.5 Å².